The molecule has 1 amide bonds. The molecule has 0 aliphatic rings. The Kier molecular flexibility index (Phi) is 6.00. The molecule has 0 unspecified atom stereocenters. The van der Waals surface area contributed by atoms with Gasteiger partial charge in [-0.3, -0.25) is 14.9 Å². The van der Waals surface area contributed by atoms with Crippen LogP contribution in [0.4, 0.5) is 5.69 Å². The van der Waals surface area contributed by atoms with Crippen LogP contribution < -0.4 is 10.1 Å². The van der Waals surface area contributed by atoms with Gasteiger partial charge in [0.2, 0.25) is 0 Å². The number of aromatic nitrogens is 1. The van der Waals surface area contributed by atoms with E-state index < -0.39 is 4.92 Å². The monoisotopic (exact) mass is 397 g/mol. The number of nitro groups is 1. The summed E-state index contributed by atoms with van der Waals surface area (Å²) in [4.78, 5) is 27.2. The maximum Gasteiger partial charge on any atom is 0.272 e. The first-order valence-electron chi connectivity index (χ1n) is 8.60. The number of aryl methyl sites for hydroxylation is 1. The van der Waals surface area contributed by atoms with Crippen molar-refractivity contribution in [3.05, 3.63) is 74.8 Å². The second kappa shape index (κ2) is 8.62. The molecule has 0 aliphatic heterocycles. The molecule has 0 bridgehead atoms. The Labute approximate surface area is 166 Å². The van der Waals surface area contributed by atoms with Gasteiger partial charge in [-0.25, -0.2) is 4.98 Å². The molecule has 0 saturated carbocycles. The molecule has 2 aromatic carbocycles. The standard InChI is InChI=1S/C20H19N3O4S/c1-13-11-15(5-8-18(13)23(25)26)19(24)21-10-9-16-12-28-20(22-16)14-3-6-17(27-2)7-4-14/h3-8,11-12H,9-10H2,1-2H3,(H,21,24). The van der Waals surface area contributed by atoms with Gasteiger partial charge in [0.05, 0.1) is 17.7 Å². The largest absolute Gasteiger partial charge is 0.497 e. The molecule has 8 heteroatoms. The second-order valence-corrected chi connectivity index (χ2v) is 6.99. The van der Waals surface area contributed by atoms with Crippen molar-refractivity contribution in [1.82, 2.24) is 10.3 Å². The van der Waals surface area contributed by atoms with Crippen molar-refractivity contribution in [3.8, 4) is 16.3 Å². The molecular formula is C20H19N3O4S. The van der Waals surface area contributed by atoms with E-state index in [4.69, 9.17) is 4.74 Å². The van der Waals surface area contributed by atoms with E-state index in [0.29, 0.717) is 24.1 Å². The van der Waals surface area contributed by atoms with Gasteiger partial charge in [0.25, 0.3) is 11.6 Å². The first-order chi connectivity index (χ1) is 13.5. The fraction of sp³-hybridized carbons (Fsp3) is 0.200. The van der Waals surface area contributed by atoms with E-state index >= 15 is 0 Å². The highest BCUT2D eigenvalue weighted by Crippen LogP contribution is 2.25. The van der Waals surface area contributed by atoms with E-state index in [-0.39, 0.29) is 11.6 Å². The summed E-state index contributed by atoms with van der Waals surface area (Å²) in [6.45, 7) is 2.05. The number of hydrogen-bond donors (Lipinski definition) is 1. The number of nitro benzene ring substituents is 1. The summed E-state index contributed by atoms with van der Waals surface area (Å²) in [5, 5.41) is 16.6. The Balaban J connectivity index is 1.56. The molecule has 0 atom stereocenters. The highest BCUT2D eigenvalue weighted by molar-refractivity contribution is 7.13. The van der Waals surface area contributed by atoms with E-state index in [1.165, 1.54) is 18.2 Å². The van der Waals surface area contributed by atoms with E-state index in [0.717, 1.165) is 22.0 Å². The molecule has 0 fully saturated rings. The van der Waals surface area contributed by atoms with Crippen LogP contribution in [0.25, 0.3) is 10.6 Å². The zero-order chi connectivity index (χ0) is 20.1. The number of ether oxygens (including phenoxy) is 1. The molecule has 0 aliphatic carbocycles. The maximum atomic E-state index is 12.2. The Morgan fingerprint density at radius 2 is 2.00 bits per heavy atom. The molecule has 1 N–H and O–H groups in total. The van der Waals surface area contributed by atoms with Gasteiger partial charge in [-0.15, -0.1) is 11.3 Å². The Hall–Kier alpha value is -3.26. The van der Waals surface area contributed by atoms with Crippen molar-refractivity contribution in [1.29, 1.82) is 0 Å². The quantitative estimate of drug-likeness (QED) is 0.480. The average Bonchev–Trinajstić information content (AvgIpc) is 3.16. The molecule has 28 heavy (non-hydrogen) atoms. The van der Waals surface area contributed by atoms with Gasteiger partial charge in [0.1, 0.15) is 10.8 Å². The maximum absolute atomic E-state index is 12.2. The number of benzene rings is 2. The van der Waals surface area contributed by atoms with E-state index in [1.807, 2.05) is 29.6 Å². The van der Waals surface area contributed by atoms with Crippen molar-refractivity contribution >= 4 is 22.9 Å². The van der Waals surface area contributed by atoms with Crippen LogP contribution in [0.5, 0.6) is 5.75 Å². The minimum absolute atomic E-state index is 0.00471. The van der Waals surface area contributed by atoms with Gasteiger partial charge in [-0.05, 0) is 43.3 Å². The summed E-state index contributed by atoms with van der Waals surface area (Å²) in [5.74, 6) is 0.535. The third-order valence-electron chi connectivity index (χ3n) is 4.21. The average molecular weight is 397 g/mol. The van der Waals surface area contributed by atoms with Crippen molar-refractivity contribution in [2.45, 2.75) is 13.3 Å². The number of methoxy groups -OCH3 is 1. The number of nitrogens with one attached hydrogen (secondary N) is 1. The lowest BCUT2D eigenvalue weighted by atomic mass is 10.1. The zero-order valence-electron chi connectivity index (χ0n) is 15.5. The van der Waals surface area contributed by atoms with Crippen molar-refractivity contribution in [2.24, 2.45) is 0 Å². The molecule has 7 nitrogen and oxygen atoms in total. The van der Waals surface area contributed by atoms with Gasteiger partial charge in [0, 0.05) is 41.1 Å². The zero-order valence-corrected chi connectivity index (χ0v) is 16.3. The SMILES string of the molecule is COc1ccc(-c2nc(CCNC(=O)c3ccc([N+](=O)[O-])c(C)c3)cs2)cc1. The molecule has 0 radical (unpaired) electrons. The molecule has 1 heterocycles. The highest BCUT2D eigenvalue weighted by atomic mass is 32.1. The Bertz CT molecular complexity index is 999. The molecule has 3 aromatic rings. The lowest BCUT2D eigenvalue weighted by Crippen LogP contribution is -2.25. The molecule has 3 rings (SSSR count). The number of carbonyl (C=O) groups is 1. The number of thiazole rings is 1. The second-order valence-electron chi connectivity index (χ2n) is 6.14. The lowest BCUT2D eigenvalue weighted by Gasteiger charge is -2.05. The number of hydrogen-bond acceptors (Lipinski definition) is 6. The summed E-state index contributed by atoms with van der Waals surface area (Å²) in [7, 11) is 1.63. The van der Waals surface area contributed by atoms with E-state index in [9.17, 15) is 14.9 Å². The van der Waals surface area contributed by atoms with E-state index in [2.05, 4.69) is 10.3 Å². The van der Waals surface area contributed by atoms with Crippen LogP contribution >= 0.6 is 11.3 Å². The first kappa shape index (κ1) is 19.5. The molecule has 0 spiro atoms. The predicted octanol–water partition coefficient (Wildman–Crippen LogP) is 4.01. The van der Waals surface area contributed by atoms with Crippen LogP contribution in [-0.2, 0) is 6.42 Å². The summed E-state index contributed by atoms with van der Waals surface area (Å²) in [6, 6.07) is 12.0. The Morgan fingerprint density at radius 3 is 2.64 bits per heavy atom. The van der Waals surface area contributed by atoms with Gasteiger partial charge >= 0.3 is 0 Å². The normalized spacial score (nSPS) is 10.5. The predicted molar refractivity (Wildman–Crippen MR) is 108 cm³/mol. The summed E-state index contributed by atoms with van der Waals surface area (Å²) >= 11 is 1.55. The Morgan fingerprint density at radius 1 is 1.25 bits per heavy atom. The minimum atomic E-state index is -0.459. The molecule has 0 saturated heterocycles. The van der Waals surface area contributed by atoms with Gasteiger partial charge < -0.3 is 10.1 Å². The third-order valence-corrected chi connectivity index (χ3v) is 5.15. The number of amides is 1. The van der Waals surface area contributed by atoms with Gasteiger partial charge in [-0.2, -0.15) is 0 Å². The summed E-state index contributed by atoms with van der Waals surface area (Å²) in [5.41, 5.74) is 2.78. The minimum Gasteiger partial charge on any atom is -0.497 e. The summed E-state index contributed by atoms with van der Waals surface area (Å²) < 4.78 is 5.16. The number of rotatable bonds is 7. The molecule has 1 aromatic heterocycles. The van der Waals surface area contributed by atoms with Crippen LogP contribution in [0.1, 0.15) is 21.6 Å². The third kappa shape index (κ3) is 4.52. The van der Waals surface area contributed by atoms with Crippen LogP contribution in [0.15, 0.2) is 47.8 Å². The first-order valence-corrected chi connectivity index (χ1v) is 9.48. The van der Waals surface area contributed by atoms with Crippen molar-refractivity contribution in [2.75, 3.05) is 13.7 Å². The van der Waals surface area contributed by atoms with E-state index in [1.54, 1.807) is 25.4 Å². The topological polar surface area (TPSA) is 94.4 Å². The fourth-order valence-corrected chi connectivity index (χ4v) is 3.56. The van der Waals surface area contributed by atoms with Crippen LogP contribution in [0.3, 0.4) is 0 Å². The van der Waals surface area contributed by atoms with Gasteiger partial charge in [-0.1, -0.05) is 0 Å². The molecular weight excluding hydrogens is 378 g/mol. The van der Waals surface area contributed by atoms with Crippen LogP contribution in [0.2, 0.25) is 0 Å². The highest BCUT2D eigenvalue weighted by Gasteiger charge is 2.13. The number of carbonyl (C=O) groups excluding carboxylic acids is 1. The van der Waals surface area contributed by atoms with Crippen LogP contribution in [-0.4, -0.2) is 29.5 Å². The van der Waals surface area contributed by atoms with Gasteiger partial charge in [0.15, 0.2) is 0 Å². The lowest BCUT2D eigenvalue weighted by molar-refractivity contribution is -0.385. The number of nitrogens with zero attached hydrogens (tertiary/aromatic N) is 2. The van der Waals surface area contributed by atoms with Crippen molar-refractivity contribution in [3.63, 3.8) is 0 Å². The van der Waals surface area contributed by atoms with Crippen LogP contribution in [0, 0.1) is 17.0 Å². The molecule has 144 valence electrons. The van der Waals surface area contributed by atoms with Crippen molar-refractivity contribution < 1.29 is 14.5 Å². The summed E-state index contributed by atoms with van der Waals surface area (Å²) in [6.07, 6.45) is 0.602. The fourth-order valence-electron chi connectivity index (χ4n) is 2.70. The smallest absolute Gasteiger partial charge is 0.272 e.